The highest BCUT2D eigenvalue weighted by Crippen LogP contribution is 2.08. The van der Waals surface area contributed by atoms with Gasteiger partial charge in [0, 0.05) is 6.04 Å². The molecule has 0 aliphatic carbocycles. The first-order chi connectivity index (χ1) is 7.27. The molecule has 4 nitrogen and oxygen atoms in total. The minimum absolute atomic E-state index is 0.0666. The third-order valence-corrected chi connectivity index (χ3v) is 2.56. The predicted molar refractivity (Wildman–Crippen MR) is 64.8 cm³/mol. The summed E-state index contributed by atoms with van der Waals surface area (Å²) in [5.74, 6) is 0. The van der Waals surface area contributed by atoms with E-state index in [1.54, 1.807) is 18.2 Å². The Hall–Kier alpha value is -1.17. The molecule has 0 saturated heterocycles. The van der Waals surface area contributed by atoms with Gasteiger partial charge < -0.3 is 5.73 Å². The van der Waals surface area contributed by atoms with Crippen LogP contribution in [0.2, 0.25) is 0 Å². The lowest BCUT2D eigenvalue weighted by atomic mass is 10.2. The van der Waals surface area contributed by atoms with Crippen LogP contribution in [0.3, 0.4) is 0 Å². The first-order valence-electron chi connectivity index (χ1n) is 4.69. The molecular formula is C11H17NO3S. The molecular weight excluding hydrogens is 226 g/mol. The van der Waals surface area contributed by atoms with Crippen LogP contribution in [-0.2, 0) is 10.1 Å². The molecule has 16 heavy (non-hydrogen) atoms. The molecule has 0 aliphatic rings. The fourth-order valence-electron chi connectivity index (χ4n) is 0.710. The lowest BCUT2D eigenvalue weighted by Gasteiger charge is -1.95. The molecule has 0 heterocycles. The van der Waals surface area contributed by atoms with Crippen LogP contribution >= 0.6 is 0 Å². The molecule has 0 spiro atoms. The Morgan fingerprint density at radius 1 is 1.38 bits per heavy atom. The van der Waals surface area contributed by atoms with E-state index in [-0.39, 0.29) is 10.9 Å². The molecule has 1 aromatic carbocycles. The third kappa shape index (κ3) is 6.34. The summed E-state index contributed by atoms with van der Waals surface area (Å²) in [6.07, 6.45) is 1.69. The smallest absolute Gasteiger partial charge is 0.294 e. The lowest BCUT2D eigenvalue weighted by molar-refractivity contribution is 0.483. The van der Waals surface area contributed by atoms with Crippen LogP contribution in [-0.4, -0.2) is 19.0 Å². The Bertz CT molecular complexity index is 421. The van der Waals surface area contributed by atoms with Crippen molar-refractivity contribution >= 4 is 10.1 Å². The molecule has 0 aromatic heterocycles. The van der Waals surface area contributed by atoms with Gasteiger partial charge in [-0.15, -0.1) is 6.58 Å². The van der Waals surface area contributed by atoms with Gasteiger partial charge in [-0.1, -0.05) is 23.8 Å². The largest absolute Gasteiger partial charge is 0.325 e. The van der Waals surface area contributed by atoms with E-state index in [1.165, 1.54) is 12.1 Å². The van der Waals surface area contributed by atoms with Crippen molar-refractivity contribution in [2.24, 2.45) is 5.73 Å². The van der Waals surface area contributed by atoms with Crippen molar-refractivity contribution in [3.8, 4) is 0 Å². The summed E-state index contributed by atoms with van der Waals surface area (Å²) in [5, 5.41) is 0. The highest BCUT2D eigenvalue weighted by Gasteiger charge is 2.06. The molecule has 1 aromatic rings. The molecule has 90 valence electrons. The van der Waals surface area contributed by atoms with Crippen molar-refractivity contribution in [2.75, 3.05) is 0 Å². The van der Waals surface area contributed by atoms with Gasteiger partial charge in [-0.25, -0.2) is 0 Å². The van der Waals surface area contributed by atoms with Crippen LogP contribution in [0, 0.1) is 6.92 Å². The van der Waals surface area contributed by atoms with Gasteiger partial charge in [-0.05, 0) is 26.0 Å². The van der Waals surface area contributed by atoms with Crippen molar-refractivity contribution in [3.63, 3.8) is 0 Å². The molecule has 5 heteroatoms. The lowest BCUT2D eigenvalue weighted by Crippen LogP contribution is -2.09. The van der Waals surface area contributed by atoms with Gasteiger partial charge in [0.1, 0.15) is 0 Å². The predicted octanol–water partition coefficient (Wildman–Crippen LogP) is 1.76. The third-order valence-electron chi connectivity index (χ3n) is 1.69. The van der Waals surface area contributed by atoms with Gasteiger partial charge in [-0.2, -0.15) is 8.42 Å². The van der Waals surface area contributed by atoms with Gasteiger partial charge >= 0.3 is 0 Å². The Kier molecular flexibility index (Phi) is 5.95. The minimum atomic E-state index is -4.02. The molecule has 1 rings (SSSR count). The van der Waals surface area contributed by atoms with Gasteiger partial charge in [0.05, 0.1) is 4.90 Å². The second-order valence-corrected chi connectivity index (χ2v) is 4.80. The number of nitrogens with two attached hydrogens (primary N) is 1. The highest BCUT2D eigenvalue weighted by molar-refractivity contribution is 7.85. The van der Waals surface area contributed by atoms with Crippen LogP contribution in [0.25, 0.3) is 0 Å². The van der Waals surface area contributed by atoms with E-state index in [0.717, 1.165) is 5.56 Å². The zero-order valence-corrected chi connectivity index (χ0v) is 10.2. The summed E-state index contributed by atoms with van der Waals surface area (Å²) in [6, 6.07) is 6.14. The van der Waals surface area contributed by atoms with Crippen LogP contribution in [0.4, 0.5) is 0 Å². The standard InChI is InChI=1S/C7H8O3S.C4H9N/c1-6-2-4-7(5-3-6)11(8,9)10;1-3-4(2)5/h2-5H,1H3,(H,8,9,10);3-4H,1,5H2,2H3/t;4-/m.0/s1. The fourth-order valence-corrected chi connectivity index (χ4v) is 1.19. The van der Waals surface area contributed by atoms with E-state index in [0.29, 0.717) is 0 Å². The summed E-state index contributed by atoms with van der Waals surface area (Å²) in [7, 11) is -4.02. The number of aryl methyl sites for hydroxylation is 1. The van der Waals surface area contributed by atoms with Crippen molar-refractivity contribution in [1.29, 1.82) is 0 Å². The maximum absolute atomic E-state index is 10.5. The number of hydrogen-bond donors (Lipinski definition) is 2. The van der Waals surface area contributed by atoms with Crippen molar-refractivity contribution in [2.45, 2.75) is 24.8 Å². The van der Waals surface area contributed by atoms with Gasteiger partial charge in [0.25, 0.3) is 10.1 Å². The van der Waals surface area contributed by atoms with Crippen LogP contribution in [0.1, 0.15) is 12.5 Å². The number of rotatable bonds is 2. The van der Waals surface area contributed by atoms with E-state index in [1.807, 2.05) is 13.8 Å². The summed E-state index contributed by atoms with van der Waals surface area (Å²) in [5.41, 5.74) is 6.13. The average Bonchev–Trinajstić information content (AvgIpc) is 2.18. The molecule has 3 N–H and O–H groups in total. The highest BCUT2D eigenvalue weighted by atomic mass is 32.2. The molecule has 0 amide bonds. The first kappa shape index (κ1) is 14.8. The van der Waals surface area contributed by atoms with Crippen molar-refractivity contribution in [3.05, 3.63) is 42.5 Å². The Morgan fingerprint density at radius 2 is 1.75 bits per heavy atom. The summed E-state index contributed by atoms with van der Waals surface area (Å²) < 4.78 is 29.6. The molecule has 0 radical (unpaired) electrons. The van der Waals surface area contributed by atoms with E-state index in [4.69, 9.17) is 10.3 Å². The monoisotopic (exact) mass is 243 g/mol. The summed E-state index contributed by atoms with van der Waals surface area (Å²) >= 11 is 0. The molecule has 0 fully saturated rings. The van der Waals surface area contributed by atoms with E-state index >= 15 is 0 Å². The topological polar surface area (TPSA) is 80.4 Å². The molecule has 0 aliphatic heterocycles. The van der Waals surface area contributed by atoms with Gasteiger partial charge in [-0.3, -0.25) is 4.55 Å². The first-order valence-corrected chi connectivity index (χ1v) is 6.13. The Labute approximate surface area is 96.5 Å². The Balaban J connectivity index is 0.000000385. The van der Waals surface area contributed by atoms with Crippen LogP contribution in [0.5, 0.6) is 0 Å². The number of hydrogen-bond acceptors (Lipinski definition) is 3. The van der Waals surface area contributed by atoms with Crippen molar-refractivity contribution < 1.29 is 13.0 Å². The van der Waals surface area contributed by atoms with E-state index < -0.39 is 10.1 Å². The second kappa shape index (κ2) is 6.42. The van der Waals surface area contributed by atoms with Crippen LogP contribution < -0.4 is 5.73 Å². The second-order valence-electron chi connectivity index (χ2n) is 3.38. The van der Waals surface area contributed by atoms with Crippen molar-refractivity contribution in [1.82, 2.24) is 0 Å². The molecule has 0 saturated carbocycles. The Morgan fingerprint density at radius 3 is 2.00 bits per heavy atom. The van der Waals surface area contributed by atoms with E-state index in [9.17, 15) is 8.42 Å². The molecule has 1 atom stereocenters. The zero-order chi connectivity index (χ0) is 12.8. The average molecular weight is 243 g/mol. The fraction of sp³-hybridized carbons (Fsp3) is 0.273. The SMILES string of the molecule is C=C[C@H](C)N.Cc1ccc(S(=O)(=O)O)cc1. The zero-order valence-electron chi connectivity index (χ0n) is 9.42. The number of benzene rings is 1. The van der Waals surface area contributed by atoms with Crippen LogP contribution in [0.15, 0.2) is 41.8 Å². The normalized spacial score (nSPS) is 12.2. The quantitative estimate of drug-likeness (QED) is 0.612. The molecule has 0 unspecified atom stereocenters. The maximum Gasteiger partial charge on any atom is 0.294 e. The summed E-state index contributed by atoms with van der Waals surface area (Å²) in [4.78, 5) is -0.0666. The maximum atomic E-state index is 10.5. The van der Waals surface area contributed by atoms with Gasteiger partial charge in [0.2, 0.25) is 0 Å². The summed E-state index contributed by atoms with van der Waals surface area (Å²) in [6.45, 7) is 7.16. The van der Waals surface area contributed by atoms with Gasteiger partial charge in [0.15, 0.2) is 0 Å². The molecule has 0 bridgehead atoms. The minimum Gasteiger partial charge on any atom is -0.325 e. The van der Waals surface area contributed by atoms with E-state index in [2.05, 4.69) is 6.58 Å².